The van der Waals surface area contributed by atoms with Crippen molar-refractivity contribution in [2.75, 3.05) is 72.1 Å². The summed E-state index contributed by atoms with van der Waals surface area (Å²) in [7, 11) is 0. The van der Waals surface area contributed by atoms with Crippen molar-refractivity contribution < 1.29 is 14.3 Å². The highest BCUT2D eigenvalue weighted by Gasteiger charge is 2.33. The smallest absolute Gasteiger partial charge is 0.236 e. The van der Waals surface area contributed by atoms with E-state index >= 15 is 0 Å². The van der Waals surface area contributed by atoms with E-state index in [1.165, 1.54) is 25.7 Å². The molecule has 4 fully saturated rings. The van der Waals surface area contributed by atoms with E-state index in [0.717, 1.165) is 78.0 Å². The third-order valence-electron chi connectivity index (χ3n) is 7.59. The number of piperidine rings is 2. The summed E-state index contributed by atoms with van der Waals surface area (Å²) in [6.45, 7) is 9.47. The van der Waals surface area contributed by atoms with Crippen LogP contribution < -0.4 is 0 Å². The molecule has 0 N–H and O–H groups in total. The lowest BCUT2D eigenvalue weighted by molar-refractivity contribution is -0.142. The highest BCUT2D eigenvalue weighted by atomic mass is 16.5. The summed E-state index contributed by atoms with van der Waals surface area (Å²) in [6, 6.07) is 0.576. The van der Waals surface area contributed by atoms with Gasteiger partial charge in [0.05, 0.1) is 19.8 Å². The van der Waals surface area contributed by atoms with Crippen molar-refractivity contribution in [1.82, 2.24) is 19.6 Å². The molecule has 4 saturated heterocycles. The molecule has 4 heterocycles. The molecule has 0 aromatic carbocycles. The predicted molar refractivity (Wildman–Crippen MR) is 116 cm³/mol. The fourth-order valence-electron chi connectivity index (χ4n) is 5.62. The Balaban J connectivity index is 1.17. The van der Waals surface area contributed by atoms with E-state index in [1.807, 2.05) is 4.90 Å². The Bertz CT molecular complexity index is 557. The van der Waals surface area contributed by atoms with E-state index in [4.69, 9.17) is 4.74 Å². The second-order valence-electron chi connectivity index (χ2n) is 9.55. The van der Waals surface area contributed by atoms with Gasteiger partial charge in [-0.15, -0.1) is 0 Å². The van der Waals surface area contributed by atoms with Gasteiger partial charge in [-0.1, -0.05) is 12.8 Å². The molecule has 0 atom stereocenters. The third kappa shape index (κ3) is 5.74. The lowest BCUT2D eigenvalue weighted by Gasteiger charge is -2.42. The predicted octanol–water partition coefficient (Wildman–Crippen LogP) is 1.42. The summed E-state index contributed by atoms with van der Waals surface area (Å²) in [5.74, 6) is 0.853. The minimum Gasteiger partial charge on any atom is -0.378 e. The number of amides is 2. The maximum absolute atomic E-state index is 12.7. The van der Waals surface area contributed by atoms with Crippen molar-refractivity contribution in [3.05, 3.63) is 0 Å². The number of rotatable bonds is 4. The van der Waals surface area contributed by atoms with Crippen LogP contribution in [0.15, 0.2) is 0 Å². The molecule has 4 aliphatic rings. The fourth-order valence-corrected chi connectivity index (χ4v) is 5.62. The molecule has 0 aliphatic carbocycles. The molecule has 4 aliphatic heterocycles. The van der Waals surface area contributed by atoms with Crippen LogP contribution in [-0.2, 0) is 14.3 Å². The number of likely N-dealkylation sites (tertiary alicyclic amines) is 3. The molecule has 0 unspecified atom stereocenters. The van der Waals surface area contributed by atoms with Gasteiger partial charge >= 0.3 is 0 Å². The minimum absolute atomic E-state index is 0.189. The number of morpholine rings is 1. The summed E-state index contributed by atoms with van der Waals surface area (Å²) >= 11 is 0. The Morgan fingerprint density at radius 3 is 1.97 bits per heavy atom. The molecule has 0 bridgehead atoms. The van der Waals surface area contributed by atoms with Crippen LogP contribution >= 0.6 is 0 Å². The van der Waals surface area contributed by atoms with Crippen LogP contribution in [0, 0.1) is 5.92 Å². The van der Waals surface area contributed by atoms with Gasteiger partial charge < -0.3 is 19.4 Å². The van der Waals surface area contributed by atoms with Crippen molar-refractivity contribution >= 4 is 11.8 Å². The lowest BCUT2D eigenvalue weighted by Crippen LogP contribution is -2.52. The van der Waals surface area contributed by atoms with E-state index in [2.05, 4.69) is 14.7 Å². The highest BCUT2D eigenvalue weighted by molar-refractivity contribution is 5.79. The Kier molecular flexibility index (Phi) is 8.01. The second kappa shape index (κ2) is 10.9. The van der Waals surface area contributed by atoms with Gasteiger partial charge in [0.15, 0.2) is 0 Å². The zero-order valence-electron chi connectivity index (χ0n) is 18.6. The first-order valence-corrected chi connectivity index (χ1v) is 12.3. The minimum atomic E-state index is 0.189. The van der Waals surface area contributed by atoms with Gasteiger partial charge in [-0.25, -0.2) is 0 Å². The molecule has 7 nitrogen and oxygen atoms in total. The number of carbonyl (C=O) groups is 2. The van der Waals surface area contributed by atoms with E-state index in [9.17, 15) is 9.59 Å². The zero-order chi connectivity index (χ0) is 20.8. The van der Waals surface area contributed by atoms with Crippen LogP contribution in [0.2, 0.25) is 0 Å². The Morgan fingerprint density at radius 2 is 1.33 bits per heavy atom. The standard InChI is InChI=1S/C23H40N4O3/c28-22(19-24-9-3-1-2-4-10-24)26-13-7-21(8-14-26)25-11-5-20(6-12-25)23(29)27-15-17-30-18-16-27/h20-21H,1-19H2. The topological polar surface area (TPSA) is 56.3 Å². The van der Waals surface area contributed by atoms with E-state index in [-0.39, 0.29) is 5.92 Å². The maximum Gasteiger partial charge on any atom is 0.236 e. The number of hydrogen-bond acceptors (Lipinski definition) is 5. The Labute approximate surface area is 181 Å². The molecule has 0 saturated carbocycles. The SMILES string of the molecule is O=C(CN1CCCCCC1)N1CCC(N2CCC(C(=O)N3CCOCC3)CC2)CC1. The second-order valence-corrected chi connectivity index (χ2v) is 9.55. The molecule has 7 heteroatoms. The van der Waals surface area contributed by atoms with Crippen LogP contribution in [0.5, 0.6) is 0 Å². The molecule has 4 rings (SSSR count). The van der Waals surface area contributed by atoms with Gasteiger partial charge in [0.25, 0.3) is 0 Å². The lowest BCUT2D eigenvalue weighted by atomic mass is 9.92. The molecule has 0 radical (unpaired) electrons. The molecule has 0 aromatic heterocycles. The largest absolute Gasteiger partial charge is 0.378 e. The van der Waals surface area contributed by atoms with Crippen molar-refractivity contribution in [3.8, 4) is 0 Å². The van der Waals surface area contributed by atoms with Crippen LogP contribution in [-0.4, -0.2) is 110 Å². The molecular weight excluding hydrogens is 380 g/mol. The number of ether oxygens (including phenoxy) is 1. The molecule has 30 heavy (non-hydrogen) atoms. The Morgan fingerprint density at radius 1 is 0.700 bits per heavy atom. The highest BCUT2D eigenvalue weighted by Crippen LogP contribution is 2.25. The molecule has 2 amide bonds. The summed E-state index contributed by atoms with van der Waals surface area (Å²) in [5, 5.41) is 0. The Hall–Kier alpha value is -1.18. The first-order valence-electron chi connectivity index (χ1n) is 12.3. The summed E-state index contributed by atoms with van der Waals surface area (Å²) in [6.07, 6.45) is 9.20. The molecule has 170 valence electrons. The molecular formula is C23H40N4O3. The molecule has 0 aromatic rings. The van der Waals surface area contributed by atoms with E-state index in [1.54, 1.807) is 0 Å². The van der Waals surface area contributed by atoms with Crippen LogP contribution in [0.1, 0.15) is 51.4 Å². The average Bonchev–Trinajstić information content (AvgIpc) is 3.08. The number of carbonyl (C=O) groups excluding carboxylic acids is 2. The van der Waals surface area contributed by atoms with E-state index in [0.29, 0.717) is 37.6 Å². The first kappa shape index (κ1) is 22.0. The van der Waals surface area contributed by atoms with Crippen LogP contribution in [0.4, 0.5) is 0 Å². The zero-order valence-corrected chi connectivity index (χ0v) is 18.6. The average molecular weight is 421 g/mol. The van der Waals surface area contributed by atoms with Crippen molar-refractivity contribution in [2.24, 2.45) is 5.92 Å². The van der Waals surface area contributed by atoms with Crippen molar-refractivity contribution in [3.63, 3.8) is 0 Å². The number of hydrogen-bond donors (Lipinski definition) is 0. The monoisotopic (exact) mass is 420 g/mol. The van der Waals surface area contributed by atoms with Gasteiger partial charge in [-0.2, -0.15) is 0 Å². The maximum atomic E-state index is 12.7. The number of nitrogens with zero attached hydrogens (tertiary/aromatic N) is 4. The van der Waals surface area contributed by atoms with Gasteiger partial charge in [0.1, 0.15) is 0 Å². The van der Waals surface area contributed by atoms with Gasteiger partial charge in [-0.05, 0) is 64.7 Å². The van der Waals surface area contributed by atoms with Crippen LogP contribution in [0.3, 0.4) is 0 Å². The van der Waals surface area contributed by atoms with Gasteiger partial charge in [0.2, 0.25) is 11.8 Å². The summed E-state index contributed by atoms with van der Waals surface area (Å²) in [5.41, 5.74) is 0. The fraction of sp³-hybridized carbons (Fsp3) is 0.913. The van der Waals surface area contributed by atoms with E-state index < -0.39 is 0 Å². The van der Waals surface area contributed by atoms with Crippen molar-refractivity contribution in [1.29, 1.82) is 0 Å². The summed E-state index contributed by atoms with van der Waals surface area (Å²) < 4.78 is 5.37. The molecule has 0 spiro atoms. The normalized spacial score (nSPS) is 26.5. The quantitative estimate of drug-likeness (QED) is 0.689. The van der Waals surface area contributed by atoms with Crippen LogP contribution in [0.25, 0.3) is 0 Å². The van der Waals surface area contributed by atoms with Gasteiger partial charge in [0, 0.05) is 38.1 Å². The first-order chi connectivity index (χ1) is 14.7. The summed E-state index contributed by atoms with van der Waals surface area (Å²) in [4.78, 5) is 34.5. The van der Waals surface area contributed by atoms with Gasteiger partial charge in [-0.3, -0.25) is 14.5 Å². The van der Waals surface area contributed by atoms with Crippen molar-refractivity contribution in [2.45, 2.75) is 57.4 Å². The third-order valence-corrected chi connectivity index (χ3v) is 7.59.